The van der Waals surface area contributed by atoms with Gasteiger partial charge in [0.1, 0.15) is 6.61 Å². The van der Waals surface area contributed by atoms with Gasteiger partial charge in [0.15, 0.2) is 0 Å². The van der Waals surface area contributed by atoms with Crippen molar-refractivity contribution in [2.75, 3.05) is 31.1 Å². The normalized spacial score (nSPS) is 18.2. The molecule has 172 valence electrons. The van der Waals surface area contributed by atoms with Gasteiger partial charge < -0.3 is 19.6 Å². The number of nitrogens with zero attached hydrogens (tertiary/aromatic N) is 3. The zero-order chi connectivity index (χ0) is 23.4. The number of piperidine rings is 1. The average molecular weight is 471 g/mol. The first kappa shape index (κ1) is 23.7. The van der Waals surface area contributed by atoms with Gasteiger partial charge in [0.25, 0.3) is 11.8 Å². The number of amides is 2. The average Bonchev–Trinajstić information content (AvgIpc) is 3.31. The summed E-state index contributed by atoms with van der Waals surface area (Å²) in [6.07, 6.45) is -0.367. The molecule has 8 nitrogen and oxygen atoms in total. The first-order valence-corrected chi connectivity index (χ1v) is 10.5. The second kappa shape index (κ2) is 9.65. The highest BCUT2D eigenvalue weighted by Gasteiger charge is 2.43. The second-order valence-corrected chi connectivity index (χ2v) is 8.05. The molecule has 2 saturated heterocycles. The highest BCUT2D eigenvalue weighted by atomic mass is 32.1. The van der Waals surface area contributed by atoms with E-state index in [0.29, 0.717) is 25.2 Å². The number of hydrogen-bond acceptors (Lipinski definition) is 6. The summed E-state index contributed by atoms with van der Waals surface area (Å²) in [5.41, 5.74) is 1.19. The number of thiophene rings is 1. The minimum absolute atomic E-state index is 0.00195. The monoisotopic (exact) mass is 471 g/mol. The summed E-state index contributed by atoms with van der Waals surface area (Å²) >= 11 is 1.58. The summed E-state index contributed by atoms with van der Waals surface area (Å²) in [4.78, 5) is 41.3. The van der Waals surface area contributed by atoms with Crippen LogP contribution in [0, 0.1) is 0 Å². The number of anilines is 1. The van der Waals surface area contributed by atoms with Gasteiger partial charge in [-0.05, 0) is 36.4 Å². The maximum atomic E-state index is 12.6. The molecule has 2 aliphatic heterocycles. The Kier molecular flexibility index (Phi) is 7.14. The van der Waals surface area contributed by atoms with Crippen LogP contribution in [0.5, 0.6) is 0 Å². The Morgan fingerprint density at radius 3 is 2.44 bits per heavy atom. The topological polar surface area (TPSA) is 100 Å². The van der Waals surface area contributed by atoms with Crippen molar-refractivity contribution in [1.82, 2.24) is 9.88 Å². The fourth-order valence-corrected chi connectivity index (χ4v) is 4.09. The van der Waals surface area contributed by atoms with E-state index in [9.17, 15) is 22.8 Å². The molecular formula is C20H20F3N3O5S. The molecule has 2 aromatic heterocycles. The molecule has 2 aromatic rings. The number of pyridine rings is 1. The molecule has 2 aliphatic rings. The first-order chi connectivity index (χ1) is 15.1. The van der Waals surface area contributed by atoms with Gasteiger partial charge in [-0.2, -0.15) is 24.5 Å². The first-order valence-electron chi connectivity index (χ1n) is 9.57. The Morgan fingerprint density at radius 1 is 1.22 bits per heavy atom. The number of carboxylic acid groups (broad SMARTS) is 1. The lowest BCUT2D eigenvalue weighted by Crippen LogP contribution is -2.59. The molecule has 0 unspecified atom stereocenters. The fraction of sp³-hybridized carbons (Fsp3) is 0.400. The molecule has 0 aromatic carbocycles. The summed E-state index contributed by atoms with van der Waals surface area (Å²) < 4.78 is 37.7. The van der Waals surface area contributed by atoms with E-state index < -0.39 is 12.1 Å². The molecule has 2 fully saturated rings. The van der Waals surface area contributed by atoms with Gasteiger partial charge in [0.2, 0.25) is 0 Å². The number of carbonyl (C=O) groups is 3. The standard InChI is InChI=1S/C18H19N3O3S.C2HF3O2/c22-16-11-24-18(13-21(16)15-3-9-25-12-15)4-7-20(8-5-18)17(23)14-2-1-6-19-10-14;3-2(4,5)1(6)7/h1-3,6,9-10,12H,4-5,7-8,11,13H2;(H,6,7). The van der Waals surface area contributed by atoms with E-state index >= 15 is 0 Å². The number of aliphatic carboxylic acids is 1. The molecule has 2 amide bonds. The van der Waals surface area contributed by atoms with Gasteiger partial charge in [-0.1, -0.05) is 0 Å². The van der Waals surface area contributed by atoms with Crippen LogP contribution < -0.4 is 4.90 Å². The molecule has 32 heavy (non-hydrogen) atoms. The largest absolute Gasteiger partial charge is 0.490 e. The number of halogens is 3. The summed E-state index contributed by atoms with van der Waals surface area (Å²) in [5, 5.41) is 11.1. The van der Waals surface area contributed by atoms with Crippen LogP contribution in [0.15, 0.2) is 41.4 Å². The Morgan fingerprint density at radius 2 is 1.91 bits per heavy atom. The van der Waals surface area contributed by atoms with Crippen molar-refractivity contribution < 1.29 is 37.4 Å². The summed E-state index contributed by atoms with van der Waals surface area (Å²) in [6.45, 7) is 1.91. The maximum Gasteiger partial charge on any atom is 0.490 e. The van der Waals surface area contributed by atoms with E-state index in [0.717, 1.165) is 18.5 Å². The molecule has 0 atom stereocenters. The maximum absolute atomic E-state index is 12.6. The van der Waals surface area contributed by atoms with Crippen molar-refractivity contribution in [1.29, 1.82) is 0 Å². The predicted octanol–water partition coefficient (Wildman–Crippen LogP) is 2.81. The molecule has 0 aliphatic carbocycles. The number of alkyl halides is 3. The lowest BCUT2D eigenvalue weighted by atomic mass is 9.89. The Balaban J connectivity index is 0.000000360. The Bertz CT molecular complexity index is 945. The van der Waals surface area contributed by atoms with Gasteiger partial charge >= 0.3 is 12.1 Å². The van der Waals surface area contributed by atoms with Crippen molar-refractivity contribution in [3.63, 3.8) is 0 Å². The Labute approximate surface area is 185 Å². The van der Waals surface area contributed by atoms with Crippen LogP contribution in [-0.4, -0.2) is 70.8 Å². The minimum Gasteiger partial charge on any atom is -0.475 e. The third-order valence-electron chi connectivity index (χ3n) is 5.18. The van der Waals surface area contributed by atoms with E-state index in [4.69, 9.17) is 14.6 Å². The Hall–Kier alpha value is -2.99. The fourth-order valence-electron chi connectivity index (χ4n) is 3.45. The molecule has 4 heterocycles. The molecule has 0 saturated carbocycles. The van der Waals surface area contributed by atoms with E-state index in [1.54, 1.807) is 35.9 Å². The van der Waals surface area contributed by atoms with Crippen molar-refractivity contribution in [2.45, 2.75) is 24.6 Å². The van der Waals surface area contributed by atoms with Crippen molar-refractivity contribution >= 4 is 34.8 Å². The van der Waals surface area contributed by atoms with E-state index in [1.165, 1.54) is 0 Å². The van der Waals surface area contributed by atoms with Crippen LogP contribution in [0.2, 0.25) is 0 Å². The smallest absolute Gasteiger partial charge is 0.475 e. The number of carbonyl (C=O) groups excluding carboxylic acids is 2. The number of hydrogen-bond donors (Lipinski definition) is 1. The number of morpholine rings is 1. The highest BCUT2D eigenvalue weighted by Crippen LogP contribution is 2.33. The van der Waals surface area contributed by atoms with Crippen LogP contribution in [0.25, 0.3) is 0 Å². The zero-order valence-corrected chi connectivity index (χ0v) is 17.6. The van der Waals surface area contributed by atoms with Crippen molar-refractivity contribution in [2.24, 2.45) is 0 Å². The molecule has 12 heteroatoms. The van der Waals surface area contributed by atoms with Gasteiger partial charge in [0, 0.05) is 30.9 Å². The number of rotatable bonds is 2. The number of ether oxygens (including phenoxy) is 1. The lowest BCUT2D eigenvalue weighted by molar-refractivity contribution is -0.192. The quantitative estimate of drug-likeness (QED) is 0.723. The summed E-state index contributed by atoms with van der Waals surface area (Å²) in [5.74, 6) is -2.75. The molecule has 1 N–H and O–H groups in total. The SMILES string of the molecule is O=C(O)C(F)(F)F.O=C(c1cccnc1)N1CCC2(CC1)CN(c1ccsc1)C(=O)CO2. The van der Waals surface area contributed by atoms with E-state index in [-0.39, 0.29) is 24.0 Å². The summed E-state index contributed by atoms with van der Waals surface area (Å²) in [7, 11) is 0. The van der Waals surface area contributed by atoms with Crippen molar-refractivity contribution in [3.8, 4) is 0 Å². The number of carboxylic acids is 1. The van der Waals surface area contributed by atoms with Gasteiger partial charge in [-0.15, -0.1) is 0 Å². The van der Waals surface area contributed by atoms with Crippen LogP contribution >= 0.6 is 11.3 Å². The van der Waals surface area contributed by atoms with Crippen LogP contribution in [-0.2, 0) is 14.3 Å². The van der Waals surface area contributed by atoms with Gasteiger partial charge in [-0.3, -0.25) is 14.6 Å². The van der Waals surface area contributed by atoms with Crippen molar-refractivity contribution in [3.05, 3.63) is 46.9 Å². The number of likely N-dealkylation sites (tertiary alicyclic amines) is 1. The van der Waals surface area contributed by atoms with Crippen LogP contribution in [0.4, 0.5) is 18.9 Å². The molecule has 1 spiro atoms. The van der Waals surface area contributed by atoms with Gasteiger partial charge in [0.05, 0.1) is 23.4 Å². The molecule has 0 bridgehead atoms. The van der Waals surface area contributed by atoms with E-state index in [1.807, 2.05) is 26.6 Å². The zero-order valence-electron chi connectivity index (χ0n) is 16.7. The summed E-state index contributed by atoms with van der Waals surface area (Å²) in [6, 6.07) is 5.52. The molecule has 4 rings (SSSR count). The minimum atomic E-state index is -5.08. The highest BCUT2D eigenvalue weighted by molar-refractivity contribution is 7.08. The molecule has 0 radical (unpaired) electrons. The second-order valence-electron chi connectivity index (χ2n) is 7.27. The van der Waals surface area contributed by atoms with Gasteiger partial charge in [-0.25, -0.2) is 4.79 Å². The number of aromatic nitrogens is 1. The third-order valence-corrected chi connectivity index (χ3v) is 5.85. The predicted molar refractivity (Wildman–Crippen MR) is 108 cm³/mol. The van der Waals surface area contributed by atoms with Crippen LogP contribution in [0.1, 0.15) is 23.2 Å². The van der Waals surface area contributed by atoms with Crippen LogP contribution in [0.3, 0.4) is 0 Å². The third kappa shape index (κ3) is 5.62. The lowest BCUT2D eigenvalue weighted by Gasteiger charge is -2.46. The molecular weight excluding hydrogens is 451 g/mol. The van der Waals surface area contributed by atoms with E-state index in [2.05, 4.69) is 4.98 Å².